The summed E-state index contributed by atoms with van der Waals surface area (Å²) in [5, 5.41) is 1.57. The molecule has 0 aliphatic carbocycles. The quantitative estimate of drug-likeness (QED) is 0.657. The fourth-order valence-corrected chi connectivity index (χ4v) is 1.17. The van der Waals surface area contributed by atoms with Crippen molar-refractivity contribution < 1.29 is 4.79 Å². The highest BCUT2D eigenvalue weighted by molar-refractivity contribution is 5.81. The molecule has 1 aromatic heterocycles. The molecule has 0 saturated heterocycles. The van der Waals surface area contributed by atoms with Crippen LogP contribution < -0.4 is 11.2 Å². The molecular weight excluding hydrogens is 192 g/mol. The predicted molar refractivity (Wildman–Crippen MR) is 57.7 cm³/mol. The van der Waals surface area contributed by atoms with Gasteiger partial charge in [0, 0.05) is 26.5 Å². The Morgan fingerprint density at radius 1 is 1.67 bits per heavy atom. The first-order valence-corrected chi connectivity index (χ1v) is 4.72. The Kier molecular flexibility index (Phi) is 4.20. The molecule has 5 nitrogen and oxygen atoms in total. The molecule has 0 saturated carbocycles. The van der Waals surface area contributed by atoms with E-state index in [4.69, 9.17) is 5.73 Å². The van der Waals surface area contributed by atoms with E-state index in [2.05, 4.69) is 10.4 Å². The molecule has 5 heteroatoms. The number of hydrazine groups is 1. The van der Waals surface area contributed by atoms with Crippen molar-refractivity contribution in [1.82, 2.24) is 15.4 Å². The van der Waals surface area contributed by atoms with Crippen LogP contribution in [0.4, 0.5) is 0 Å². The highest BCUT2D eigenvalue weighted by Gasteiger charge is 2.14. The standard InChI is InChI=1S/C10H16N4O/c1-14(2)13-10(15)9(11)6-8-4-3-5-12-7-8/h3-5,7,9H,6,11H2,1-2H3,(H,13,15). The Morgan fingerprint density at radius 3 is 2.93 bits per heavy atom. The summed E-state index contributed by atoms with van der Waals surface area (Å²) >= 11 is 0. The fourth-order valence-electron chi connectivity index (χ4n) is 1.17. The maximum Gasteiger partial charge on any atom is 0.251 e. The minimum atomic E-state index is -0.545. The largest absolute Gasteiger partial charge is 0.320 e. The average molecular weight is 208 g/mol. The number of carbonyl (C=O) groups is 1. The predicted octanol–water partition coefficient (Wildman–Crippen LogP) is -0.456. The van der Waals surface area contributed by atoms with Crippen LogP contribution in [0.2, 0.25) is 0 Å². The Morgan fingerprint density at radius 2 is 2.40 bits per heavy atom. The van der Waals surface area contributed by atoms with E-state index in [-0.39, 0.29) is 5.91 Å². The third kappa shape index (κ3) is 4.05. The van der Waals surface area contributed by atoms with Crippen molar-refractivity contribution in [3.8, 4) is 0 Å². The molecule has 0 aliphatic heterocycles. The summed E-state index contributed by atoms with van der Waals surface area (Å²) < 4.78 is 0. The summed E-state index contributed by atoms with van der Waals surface area (Å²) in [4.78, 5) is 15.4. The van der Waals surface area contributed by atoms with E-state index in [1.54, 1.807) is 31.5 Å². The number of rotatable bonds is 4. The fraction of sp³-hybridized carbons (Fsp3) is 0.400. The van der Waals surface area contributed by atoms with Gasteiger partial charge in [-0.15, -0.1) is 0 Å². The van der Waals surface area contributed by atoms with Gasteiger partial charge in [0.25, 0.3) is 5.91 Å². The number of carbonyl (C=O) groups excluding carboxylic acids is 1. The molecule has 1 unspecified atom stereocenters. The van der Waals surface area contributed by atoms with E-state index < -0.39 is 6.04 Å². The van der Waals surface area contributed by atoms with Crippen LogP contribution >= 0.6 is 0 Å². The van der Waals surface area contributed by atoms with Crippen molar-refractivity contribution in [2.75, 3.05) is 14.1 Å². The first-order chi connectivity index (χ1) is 7.09. The molecule has 1 aromatic rings. The molecule has 0 bridgehead atoms. The van der Waals surface area contributed by atoms with Gasteiger partial charge in [-0.1, -0.05) is 6.07 Å². The van der Waals surface area contributed by atoms with Crippen LogP contribution in [0.15, 0.2) is 24.5 Å². The van der Waals surface area contributed by atoms with Crippen LogP contribution in [0.25, 0.3) is 0 Å². The molecule has 15 heavy (non-hydrogen) atoms. The van der Waals surface area contributed by atoms with Gasteiger partial charge in [0.1, 0.15) is 0 Å². The average Bonchev–Trinajstić information content (AvgIpc) is 2.18. The van der Waals surface area contributed by atoms with Gasteiger partial charge >= 0.3 is 0 Å². The Hall–Kier alpha value is -1.46. The lowest BCUT2D eigenvalue weighted by Gasteiger charge is -2.16. The minimum absolute atomic E-state index is 0.191. The summed E-state index contributed by atoms with van der Waals surface area (Å²) in [5.41, 5.74) is 9.30. The normalized spacial score (nSPS) is 12.5. The monoisotopic (exact) mass is 208 g/mol. The zero-order chi connectivity index (χ0) is 11.3. The van der Waals surface area contributed by atoms with Crippen molar-refractivity contribution in [3.63, 3.8) is 0 Å². The van der Waals surface area contributed by atoms with E-state index in [1.165, 1.54) is 0 Å². The topological polar surface area (TPSA) is 71.2 Å². The highest BCUT2D eigenvalue weighted by atomic mass is 16.2. The van der Waals surface area contributed by atoms with Crippen molar-refractivity contribution in [2.24, 2.45) is 5.73 Å². The molecule has 1 rings (SSSR count). The van der Waals surface area contributed by atoms with E-state index in [0.29, 0.717) is 6.42 Å². The number of pyridine rings is 1. The van der Waals surface area contributed by atoms with Crippen LogP contribution in [-0.2, 0) is 11.2 Å². The van der Waals surface area contributed by atoms with Crippen LogP contribution in [-0.4, -0.2) is 36.0 Å². The van der Waals surface area contributed by atoms with Crippen LogP contribution in [0.3, 0.4) is 0 Å². The van der Waals surface area contributed by atoms with Gasteiger partial charge in [-0.2, -0.15) is 0 Å². The highest BCUT2D eigenvalue weighted by Crippen LogP contribution is 1.99. The van der Waals surface area contributed by atoms with Gasteiger partial charge in [0.15, 0.2) is 0 Å². The molecule has 0 aromatic carbocycles. The van der Waals surface area contributed by atoms with Crippen molar-refractivity contribution >= 4 is 5.91 Å². The van der Waals surface area contributed by atoms with Crippen LogP contribution in [0.1, 0.15) is 5.56 Å². The molecule has 3 N–H and O–H groups in total. The molecule has 0 spiro atoms. The Bertz CT molecular complexity index is 312. The lowest BCUT2D eigenvalue weighted by molar-refractivity contribution is -0.126. The Balaban J connectivity index is 2.49. The number of hydrogen-bond donors (Lipinski definition) is 2. The third-order valence-corrected chi connectivity index (χ3v) is 1.85. The van der Waals surface area contributed by atoms with Crippen molar-refractivity contribution in [3.05, 3.63) is 30.1 Å². The SMILES string of the molecule is CN(C)NC(=O)C(N)Cc1cccnc1. The van der Waals surface area contributed by atoms with E-state index in [0.717, 1.165) is 5.56 Å². The molecule has 0 aliphatic rings. The molecule has 0 fully saturated rings. The first-order valence-electron chi connectivity index (χ1n) is 4.72. The van der Waals surface area contributed by atoms with Gasteiger partial charge in [-0.25, -0.2) is 5.01 Å². The Labute approximate surface area is 89.3 Å². The lowest BCUT2D eigenvalue weighted by Crippen LogP contribution is -2.47. The van der Waals surface area contributed by atoms with Gasteiger partial charge in [-0.3, -0.25) is 15.2 Å². The van der Waals surface area contributed by atoms with Crippen LogP contribution in [0, 0.1) is 0 Å². The number of nitrogens with zero attached hydrogens (tertiary/aromatic N) is 2. The van der Waals surface area contributed by atoms with Crippen molar-refractivity contribution in [1.29, 1.82) is 0 Å². The molecule has 1 heterocycles. The summed E-state index contributed by atoms with van der Waals surface area (Å²) in [6.07, 6.45) is 3.89. The van der Waals surface area contributed by atoms with E-state index >= 15 is 0 Å². The molecule has 1 amide bonds. The number of nitrogens with two attached hydrogens (primary N) is 1. The van der Waals surface area contributed by atoms with E-state index in [1.807, 2.05) is 12.1 Å². The van der Waals surface area contributed by atoms with E-state index in [9.17, 15) is 4.79 Å². The first kappa shape index (κ1) is 11.6. The summed E-state index contributed by atoms with van der Waals surface area (Å²) in [6, 6.07) is 3.18. The summed E-state index contributed by atoms with van der Waals surface area (Å²) in [7, 11) is 3.49. The molecule has 0 radical (unpaired) electrons. The van der Waals surface area contributed by atoms with Crippen molar-refractivity contribution in [2.45, 2.75) is 12.5 Å². The second kappa shape index (κ2) is 5.43. The number of amides is 1. The number of aromatic nitrogens is 1. The summed E-state index contributed by atoms with van der Waals surface area (Å²) in [5.74, 6) is -0.191. The summed E-state index contributed by atoms with van der Waals surface area (Å²) in [6.45, 7) is 0. The van der Waals surface area contributed by atoms with Gasteiger partial charge in [-0.05, 0) is 18.1 Å². The lowest BCUT2D eigenvalue weighted by atomic mass is 10.1. The number of nitrogens with one attached hydrogen (secondary N) is 1. The third-order valence-electron chi connectivity index (χ3n) is 1.85. The smallest absolute Gasteiger partial charge is 0.251 e. The zero-order valence-electron chi connectivity index (χ0n) is 8.97. The second-order valence-electron chi connectivity index (χ2n) is 3.54. The molecular formula is C10H16N4O. The molecule has 1 atom stereocenters. The molecule has 82 valence electrons. The van der Waals surface area contributed by atoms with Gasteiger partial charge < -0.3 is 5.73 Å². The number of hydrogen-bond acceptors (Lipinski definition) is 4. The maximum absolute atomic E-state index is 11.5. The zero-order valence-corrected chi connectivity index (χ0v) is 8.97. The second-order valence-corrected chi connectivity index (χ2v) is 3.54. The van der Waals surface area contributed by atoms with Gasteiger partial charge in [0.2, 0.25) is 0 Å². The minimum Gasteiger partial charge on any atom is -0.320 e. The van der Waals surface area contributed by atoms with Gasteiger partial charge in [0.05, 0.1) is 6.04 Å². The van der Waals surface area contributed by atoms with Crippen LogP contribution in [0.5, 0.6) is 0 Å². The maximum atomic E-state index is 11.5.